The zero-order chi connectivity index (χ0) is 13.3. The first kappa shape index (κ1) is 12.3. The van der Waals surface area contributed by atoms with Crippen molar-refractivity contribution in [3.05, 3.63) is 29.8 Å². The molecule has 1 heterocycles. The molecule has 0 aromatic heterocycles. The fourth-order valence-electron chi connectivity index (χ4n) is 2.75. The molecule has 1 N–H and O–H groups in total. The Morgan fingerprint density at radius 1 is 1.37 bits per heavy atom. The number of para-hydroxylation sites is 1. The van der Waals surface area contributed by atoms with E-state index in [4.69, 9.17) is 4.74 Å². The van der Waals surface area contributed by atoms with E-state index < -0.39 is 0 Å². The van der Waals surface area contributed by atoms with E-state index in [0.717, 1.165) is 31.3 Å². The summed E-state index contributed by atoms with van der Waals surface area (Å²) in [5.74, 6) is 2.03. The SMILES string of the molecule is COc1ccccc1C1(CNC2=NCCN2C)CC1. The molecule has 3 rings (SSSR count). The lowest BCUT2D eigenvalue weighted by Gasteiger charge is -2.22. The van der Waals surface area contributed by atoms with Crippen LogP contribution >= 0.6 is 0 Å². The number of hydrogen-bond donors (Lipinski definition) is 1. The smallest absolute Gasteiger partial charge is 0.193 e. The summed E-state index contributed by atoms with van der Waals surface area (Å²) in [4.78, 5) is 6.66. The molecular weight excluding hydrogens is 238 g/mol. The number of ether oxygens (including phenoxy) is 1. The Kier molecular flexibility index (Phi) is 3.09. The van der Waals surface area contributed by atoms with Gasteiger partial charge in [-0.25, -0.2) is 0 Å². The topological polar surface area (TPSA) is 36.9 Å². The molecule has 0 spiro atoms. The van der Waals surface area contributed by atoms with Crippen LogP contribution in [0.1, 0.15) is 18.4 Å². The van der Waals surface area contributed by atoms with Crippen LogP contribution < -0.4 is 10.1 Å². The maximum Gasteiger partial charge on any atom is 0.193 e. The zero-order valence-electron chi connectivity index (χ0n) is 11.6. The molecule has 1 aromatic carbocycles. The van der Waals surface area contributed by atoms with Crippen molar-refractivity contribution >= 4 is 5.96 Å². The van der Waals surface area contributed by atoms with Gasteiger partial charge in [-0.05, 0) is 18.9 Å². The number of likely N-dealkylation sites (N-methyl/N-ethyl adjacent to an activating group) is 1. The molecule has 1 fully saturated rings. The average molecular weight is 259 g/mol. The molecule has 19 heavy (non-hydrogen) atoms. The van der Waals surface area contributed by atoms with Gasteiger partial charge in [-0.2, -0.15) is 0 Å². The van der Waals surface area contributed by atoms with Gasteiger partial charge in [0, 0.05) is 31.1 Å². The van der Waals surface area contributed by atoms with Crippen LogP contribution in [0.5, 0.6) is 5.75 Å². The van der Waals surface area contributed by atoms with E-state index >= 15 is 0 Å². The van der Waals surface area contributed by atoms with Crippen LogP contribution in [0.25, 0.3) is 0 Å². The first-order valence-electron chi connectivity index (χ1n) is 6.88. The Morgan fingerprint density at radius 2 is 2.16 bits per heavy atom. The summed E-state index contributed by atoms with van der Waals surface area (Å²) in [5, 5.41) is 3.50. The lowest BCUT2D eigenvalue weighted by atomic mass is 9.95. The predicted octanol–water partition coefficient (Wildman–Crippen LogP) is 1.62. The molecule has 4 heteroatoms. The molecule has 1 aliphatic heterocycles. The lowest BCUT2D eigenvalue weighted by molar-refractivity contribution is 0.403. The Balaban J connectivity index is 1.73. The highest BCUT2D eigenvalue weighted by atomic mass is 16.5. The molecule has 102 valence electrons. The van der Waals surface area contributed by atoms with Gasteiger partial charge in [0.2, 0.25) is 0 Å². The number of nitrogens with zero attached hydrogens (tertiary/aromatic N) is 2. The quantitative estimate of drug-likeness (QED) is 0.892. The highest BCUT2D eigenvalue weighted by Gasteiger charge is 2.46. The normalized spacial score (nSPS) is 20.1. The first-order chi connectivity index (χ1) is 9.25. The summed E-state index contributed by atoms with van der Waals surface area (Å²) in [6.45, 7) is 2.86. The maximum atomic E-state index is 5.50. The minimum Gasteiger partial charge on any atom is -0.496 e. The molecule has 4 nitrogen and oxygen atoms in total. The van der Waals surface area contributed by atoms with E-state index in [0.29, 0.717) is 0 Å². The molecule has 1 aromatic rings. The van der Waals surface area contributed by atoms with Gasteiger partial charge >= 0.3 is 0 Å². The largest absolute Gasteiger partial charge is 0.496 e. The molecule has 0 atom stereocenters. The summed E-state index contributed by atoms with van der Waals surface area (Å²) < 4.78 is 5.50. The van der Waals surface area contributed by atoms with Crippen molar-refractivity contribution in [3.8, 4) is 5.75 Å². The van der Waals surface area contributed by atoms with E-state index in [2.05, 4.69) is 40.5 Å². The van der Waals surface area contributed by atoms with Gasteiger partial charge < -0.3 is 15.0 Å². The lowest BCUT2D eigenvalue weighted by Crippen LogP contribution is -2.39. The van der Waals surface area contributed by atoms with E-state index in [9.17, 15) is 0 Å². The van der Waals surface area contributed by atoms with E-state index in [1.807, 2.05) is 6.07 Å². The summed E-state index contributed by atoms with van der Waals surface area (Å²) in [6, 6.07) is 8.36. The van der Waals surface area contributed by atoms with Gasteiger partial charge in [0.15, 0.2) is 5.96 Å². The highest BCUT2D eigenvalue weighted by Crippen LogP contribution is 2.50. The third kappa shape index (κ3) is 2.27. The Hall–Kier alpha value is -1.71. The molecule has 2 aliphatic rings. The molecule has 0 bridgehead atoms. The Labute approximate surface area is 114 Å². The molecule has 0 amide bonds. The number of hydrogen-bond acceptors (Lipinski definition) is 4. The monoisotopic (exact) mass is 259 g/mol. The van der Waals surface area contributed by atoms with Crippen molar-refractivity contribution in [3.63, 3.8) is 0 Å². The summed E-state index contributed by atoms with van der Waals surface area (Å²) in [6.07, 6.45) is 2.44. The van der Waals surface area contributed by atoms with E-state index in [-0.39, 0.29) is 5.41 Å². The second kappa shape index (κ2) is 4.76. The third-order valence-electron chi connectivity index (χ3n) is 4.18. The van der Waals surface area contributed by atoms with Gasteiger partial charge in [-0.15, -0.1) is 0 Å². The number of nitrogens with one attached hydrogen (secondary N) is 1. The second-order valence-electron chi connectivity index (χ2n) is 5.46. The first-order valence-corrected chi connectivity index (χ1v) is 6.88. The van der Waals surface area contributed by atoms with E-state index in [1.165, 1.54) is 18.4 Å². The van der Waals surface area contributed by atoms with Crippen LogP contribution in [0.4, 0.5) is 0 Å². The zero-order valence-corrected chi connectivity index (χ0v) is 11.6. The molecule has 0 unspecified atom stereocenters. The summed E-state index contributed by atoms with van der Waals surface area (Å²) >= 11 is 0. The number of aliphatic imine (C=N–C) groups is 1. The maximum absolute atomic E-state index is 5.50. The van der Waals surface area contributed by atoms with Gasteiger partial charge in [0.05, 0.1) is 13.7 Å². The minimum atomic E-state index is 0.235. The van der Waals surface area contributed by atoms with Crippen LogP contribution in [0.15, 0.2) is 29.3 Å². The van der Waals surface area contributed by atoms with Crippen molar-refractivity contribution in [2.24, 2.45) is 4.99 Å². The van der Waals surface area contributed by atoms with Gasteiger partial charge in [0.1, 0.15) is 5.75 Å². The number of rotatable bonds is 4. The minimum absolute atomic E-state index is 0.235. The molecule has 0 saturated heterocycles. The fraction of sp³-hybridized carbons (Fsp3) is 0.533. The van der Waals surface area contributed by atoms with Crippen LogP contribution in [-0.2, 0) is 5.41 Å². The number of methoxy groups -OCH3 is 1. The van der Waals surface area contributed by atoms with Gasteiger partial charge in [0.25, 0.3) is 0 Å². The van der Waals surface area contributed by atoms with Gasteiger partial charge in [-0.1, -0.05) is 18.2 Å². The summed E-state index contributed by atoms with van der Waals surface area (Å²) in [7, 11) is 3.83. The highest BCUT2D eigenvalue weighted by molar-refractivity contribution is 5.81. The van der Waals surface area contributed by atoms with Gasteiger partial charge in [-0.3, -0.25) is 4.99 Å². The number of guanidine groups is 1. The Bertz CT molecular complexity index is 494. The van der Waals surface area contributed by atoms with Crippen molar-refractivity contribution in [2.75, 3.05) is 33.8 Å². The van der Waals surface area contributed by atoms with Crippen molar-refractivity contribution in [1.29, 1.82) is 0 Å². The number of benzene rings is 1. The molecular formula is C15H21N3O. The van der Waals surface area contributed by atoms with Crippen LogP contribution in [0.2, 0.25) is 0 Å². The third-order valence-corrected chi connectivity index (χ3v) is 4.18. The van der Waals surface area contributed by atoms with E-state index in [1.54, 1.807) is 7.11 Å². The molecule has 1 aliphatic carbocycles. The van der Waals surface area contributed by atoms with Crippen molar-refractivity contribution in [2.45, 2.75) is 18.3 Å². The van der Waals surface area contributed by atoms with Crippen LogP contribution in [0, 0.1) is 0 Å². The average Bonchev–Trinajstić information content (AvgIpc) is 3.13. The molecule has 0 radical (unpaired) electrons. The van der Waals surface area contributed by atoms with Crippen LogP contribution in [0.3, 0.4) is 0 Å². The predicted molar refractivity (Wildman–Crippen MR) is 76.8 cm³/mol. The van der Waals surface area contributed by atoms with Crippen molar-refractivity contribution < 1.29 is 4.74 Å². The van der Waals surface area contributed by atoms with Crippen LogP contribution in [-0.4, -0.2) is 44.7 Å². The molecule has 1 saturated carbocycles. The second-order valence-corrected chi connectivity index (χ2v) is 5.46. The fourth-order valence-corrected chi connectivity index (χ4v) is 2.75. The van der Waals surface area contributed by atoms with Crippen molar-refractivity contribution in [1.82, 2.24) is 10.2 Å². The summed E-state index contributed by atoms with van der Waals surface area (Å²) in [5.41, 5.74) is 1.56. The standard InChI is InChI=1S/C15H21N3O/c1-18-10-9-16-14(18)17-11-15(7-8-15)12-5-3-4-6-13(12)19-2/h3-6H,7-11H2,1-2H3,(H,16,17). The Morgan fingerprint density at radius 3 is 2.79 bits per heavy atom.